The molecule has 0 amide bonds. The van der Waals surface area contributed by atoms with Crippen LogP contribution in [0.5, 0.6) is 5.88 Å². The molecule has 0 aliphatic carbocycles. The van der Waals surface area contributed by atoms with Gasteiger partial charge in [0, 0.05) is 23.0 Å². The van der Waals surface area contributed by atoms with E-state index < -0.39 is 12.8 Å². The van der Waals surface area contributed by atoms with Gasteiger partial charge in [0.1, 0.15) is 11.2 Å². The Balaban J connectivity index is 1.91. The quantitative estimate of drug-likeness (QED) is 0.346. The molecule has 6 nitrogen and oxygen atoms in total. The molecule has 0 aliphatic rings. The van der Waals surface area contributed by atoms with Crippen molar-refractivity contribution in [3.8, 4) is 28.7 Å². The molecule has 11 heteroatoms. The monoisotopic (exact) mass is 497 g/mol. The van der Waals surface area contributed by atoms with Gasteiger partial charge in [-0.05, 0) is 12.1 Å². The predicted molar refractivity (Wildman–Crippen MR) is 122 cm³/mol. The second-order valence-electron chi connectivity index (χ2n) is 8.56. The third-order valence-electron chi connectivity index (χ3n) is 4.89. The lowest BCUT2D eigenvalue weighted by molar-refractivity contribution is -0.153. The summed E-state index contributed by atoms with van der Waals surface area (Å²) in [5, 5.41) is 5.31. The third kappa shape index (κ3) is 4.65. The molecule has 0 saturated carbocycles. The number of hydrogen-bond acceptors (Lipinski definition) is 4. The van der Waals surface area contributed by atoms with Gasteiger partial charge in [-0.1, -0.05) is 62.2 Å². The Labute approximate surface area is 197 Å². The number of H-pyrrole nitrogens is 1. The molecule has 1 N–H and O–H groups in total. The first kappa shape index (κ1) is 23.4. The van der Waals surface area contributed by atoms with Gasteiger partial charge in [-0.3, -0.25) is 4.68 Å². The maximum Gasteiger partial charge on any atom is 0.422 e. The summed E-state index contributed by atoms with van der Waals surface area (Å²) in [4.78, 5) is 11.9. The van der Waals surface area contributed by atoms with Crippen LogP contribution in [0.4, 0.5) is 13.2 Å². The molecule has 0 saturated heterocycles. The van der Waals surface area contributed by atoms with Crippen molar-refractivity contribution in [2.45, 2.75) is 32.4 Å². The predicted octanol–water partition coefficient (Wildman–Crippen LogP) is 6.57. The standard InChI is InChI=1S/C22H20Cl2F3N5O/c1-21(2,3)18-15(24)17(32(4)31-18)19-28-14-9-13(11-7-5-6-8-12(11)23)29-20(16(14)30-19)33-10-22(25,26)27/h5-9H,10H2,1-4H3,(H,28,30). The van der Waals surface area contributed by atoms with E-state index in [1.807, 2.05) is 20.8 Å². The lowest BCUT2D eigenvalue weighted by Crippen LogP contribution is -2.19. The molecule has 33 heavy (non-hydrogen) atoms. The smallest absolute Gasteiger partial charge is 0.422 e. The normalized spacial score (nSPS) is 12.5. The van der Waals surface area contributed by atoms with E-state index >= 15 is 0 Å². The highest BCUT2D eigenvalue weighted by Crippen LogP contribution is 2.38. The van der Waals surface area contributed by atoms with Crippen LogP contribution in [-0.4, -0.2) is 37.5 Å². The molecule has 3 aromatic heterocycles. The van der Waals surface area contributed by atoms with Crippen molar-refractivity contribution >= 4 is 34.2 Å². The summed E-state index contributed by atoms with van der Waals surface area (Å²) >= 11 is 12.9. The Morgan fingerprint density at radius 1 is 1.09 bits per heavy atom. The highest BCUT2D eigenvalue weighted by atomic mass is 35.5. The van der Waals surface area contributed by atoms with Crippen LogP contribution in [0, 0.1) is 0 Å². The van der Waals surface area contributed by atoms with Crippen molar-refractivity contribution in [2.75, 3.05) is 6.61 Å². The molecule has 3 heterocycles. The molecule has 0 unspecified atom stereocenters. The summed E-state index contributed by atoms with van der Waals surface area (Å²) in [7, 11) is 1.72. The van der Waals surface area contributed by atoms with Gasteiger partial charge in [0.05, 0.1) is 21.9 Å². The van der Waals surface area contributed by atoms with Gasteiger partial charge >= 0.3 is 6.18 Å². The van der Waals surface area contributed by atoms with Crippen LogP contribution < -0.4 is 4.74 Å². The van der Waals surface area contributed by atoms with E-state index in [4.69, 9.17) is 27.9 Å². The molecule has 1 aromatic carbocycles. The number of benzene rings is 1. The van der Waals surface area contributed by atoms with Crippen molar-refractivity contribution < 1.29 is 17.9 Å². The largest absolute Gasteiger partial charge is 0.466 e. The lowest BCUT2D eigenvalue weighted by Gasteiger charge is -2.15. The maximum atomic E-state index is 12.9. The van der Waals surface area contributed by atoms with Crippen LogP contribution in [0.15, 0.2) is 30.3 Å². The van der Waals surface area contributed by atoms with Crippen molar-refractivity contribution in [1.82, 2.24) is 24.7 Å². The van der Waals surface area contributed by atoms with E-state index in [0.29, 0.717) is 44.0 Å². The first-order valence-electron chi connectivity index (χ1n) is 9.93. The minimum absolute atomic E-state index is 0.208. The van der Waals surface area contributed by atoms with Gasteiger partial charge in [-0.25, -0.2) is 9.97 Å². The minimum atomic E-state index is -4.54. The van der Waals surface area contributed by atoms with E-state index in [0.717, 1.165) is 0 Å². The Kier molecular flexibility index (Phi) is 5.82. The number of nitrogens with one attached hydrogen (secondary N) is 1. The molecule has 0 radical (unpaired) electrons. The van der Waals surface area contributed by atoms with Crippen LogP contribution in [0.25, 0.3) is 33.8 Å². The molecule has 0 bridgehead atoms. The van der Waals surface area contributed by atoms with E-state index in [2.05, 4.69) is 20.1 Å². The van der Waals surface area contributed by atoms with Crippen LogP contribution in [-0.2, 0) is 12.5 Å². The molecule has 0 fully saturated rings. The summed E-state index contributed by atoms with van der Waals surface area (Å²) in [5.74, 6) is 0.0864. The van der Waals surface area contributed by atoms with Crippen molar-refractivity contribution in [1.29, 1.82) is 0 Å². The average molecular weight is 498 g/mol. The minimum Gasteiger partial charge on any atom is -0.466 e. The van der Waals surface area contributed by atoms with Gasteiger partial charge in [0.25, 0.3) is 0 Å². The van der Waals surface area contributed by atoms with Crippen molar-refractivity contribution in [3.63, 3.8) is 0 Å². The zero-order chi connectivity index (χ0) is 24.1. The third-order valence-corrected chi connectivity index (χ3v) is 5.58. The SMILES string of the molecule is Cn1nc(C(C)(C)C)c(Cl)c1-c1nc2cc(-c3ccccc3Cl)nc(OCC(F)(F)F)c2[nH]1. The van der Waals surface area contributed by atoms with E-state index in [1.54, 1.807) is 42.1 Å². The molecule has 0 aliphatic heterocycles. The maximum absolute atomic E-state index is 12.9. The number of aryl methyl sites for hydroxylation is 1. The molecule has 0 spiro atoms. The first-order chi connectivity index (χ1) is 15.3. The fourth-order valence-corrected chi connectivity index (χ4v) is 4.16. The average Bonchev–Trinajstić information content (AvgIpc) is 3.25. The zero-order valence-corrected chi connectivity index (χ0v) is 19.7. The van der Waals surface area contributed by atoms with Crippen LogP contribution >= 0.6 is 23.2 Å². The van der Waals surface area contributed by atoms with Gasteiger partial charge in [0.15, 0.2) is 12.4 Å². The first-order valence-corrected chi connectivity index (χ1v) is 10.7. The fourth-order valence-electron chi connectivity index (χ4n) is 3.39. The van der Waals surface area contributed by atoms with Gasteiger partial charge in [-0.15, -0.1) is 0 Å². The zero-order valence-electron chi connectivity index (χ0n) is 18.2. The lowest BCUT2D eigenvalue weighted by atomic mass is 9.92. The number of hydrogen-bond donors (Lipinski definition) is 1. The van der Waals surface area contributed by atoms with Crippen molar-refractivity contribution in [2.24, 2.45) is 7.05 Å². The highest BCUT2D eigenvalue weighted by molar-refractivity contribution is 6.34. The Morgan fingerprint density at radius 2 is 1.79 bits per heavy atom. The number of fused-ring (bicyclic) bond motifs is 1. The topological polar surface area (TPSA) is 68.6 Å². The second kappa shape index (κ2) is 8.22. The fraction of sp³-hybridized carbons (Fsp3) is 0.318. The number of imidazole rings is 1. The van der Waals surface area contributed by atoms with Gasteiger partial charge in [0.2, 0.25) is 5.88 Å². The number of rotatable bonds is 4. The number of pyridine rings is 1. The molecule has 174 valence electrons. The Morgan fingerprint density at radius 3 is 2.39 bits per heavy atom. The number of alkyl halides is 3. The Bertz CT molecular complexity index is 1340. The second-order valence-corrected chi connectivity index (χ2v) is 9.35. The molecular formula is C22H20Cl2F3N5O. The van der Waals surface area contributed by atoms with Crippen LogP contribution in [0.2, 0.25) is 10.0 Å². The van der Waals surface area contributed by atoms with Crippen molar-refractivity contribution in [3.05, 3.63) is 46.1 Å². The van der Waals surface area contributed by atoms with Crippen LogP contribution in [0.3, 0.4) is 0 Å². The number of aromatic nitrogens is 5. The number of aromatic amines is 1. The number of halogens is 5. The summed E-state index contributed by atoms with van der Waals surface area (Å²) in [6.45, 7) is 4.43. The highest BCUT2D eigenvalue weighted by Gasteiger charge is 2.30. The Hall–Kier alpha value is -2.78. The van der Waals surface area contributed by atoms with Gasteiger partial charge < -0.3 is 9.72 Å². The molecule has 4 aromatic rings. The van der Waals surface area contributed by atoms with Gasteiger partial charge in [-0.2, -0.15) is 18.3 Å². The number of ether oxygens (including phenoxy) is 1. The molecular weight excluding hydrogens is 478 g/mol. The van der Waals surface area contributed by atoms with E-state index in [9.17, 15) is 13.2 Å². The van der Waals surface area contributed by atoms with Crippen LogP contribution in [0.1, 0.15) is 26.5 Å². The van der Waals surface area contributed by atoms with E-state index in [1.165, 1.54) is 0 Å². The summed E-state index contributed by atoms with van der Waals surface area (Å²) < 4.78 is 45.3. The summed E-state index contributed by atoms with van der Waals surface area (Å²) in [5.41, 5.74) is 2.27. The van der Waals surface area contributed by atoms with E-state index in [-0.39, 0.29) is 16.8 Å². The molecule has 4 rings (SSSR count). The molecule has 0 atom stereocenters. The number of nitrogens with zero attached hydrogens (tertiary/aromatic N) is 4. The summed E-state index contributed by atoms with van der Waals surface area (Å²) in [6, 6.07) is 8.51. The summed E-state index contributed by atoms with van der Waals surface area (Å²) in [6.07, 6.45) is -4.54.